The van der Waals surface area contributed by atoms with Gasteiger partial charge in [0.05, 0.1) is 5.75 Å². The molecule has 0 aromatic heterocycles. The van der Waals surface area contributed by atoms with Crippen LogP contribution in [0.5, 0.6) is 0 Å². The van der Waals surface area contributed by atoms with Crippen molar-refractivity contribution in [2.24, 2.45) is 0 Å². The smallest absolute Gasteiger partial charge is 0.243 e. The average molecular weight is 608 g/mol. The fraction of sp³-hybridized carbons (Fsp3) is 0.286. The first kappa shape index (κ1) is 28.6. The molecule has 1 unspecified atom stereocenters. The Morgan fingerprint density at radius 3 is 2.39 bits per heavy atom. The monoisotopic (exact) mass is 606 g/mol. The van der Waals surface area contributed by atoms with Crippen LogP contribution in [0.3, 0.4) is 0 Å². The third-order valence-electron chi connectivity index (χ3n) is 5.58. The molecule has 3 aromatic carbocycles. The van der Waals surface area contributed by atoms with Crippen molar-refractivity contribution in [1.82, 2.24) is 10.2 Å². The second kappa shape index (κ2) is 14.7. The SMILES string of the molecule is CCCNC(=O)C(Cc1ccccc1)N(Cc1ccc(Cl)cc1Cl)C(=O)CSCc1ccc(Br)cc1. The van der Waals surface area contributed by atoms with E-state index in [1.807, 2.05) is 67.6 Å². The van der Waals surface area contributed by atoms with Crippen molar-refractivity contribution in [2.75, 3.05) is 12.3 Å². The first-order valence-electron chi connectivity index (χ1n) is 11.7. The van der Waals surface area contributed by atoms with E-state index in [0.717, 1.165) is 27.6 Å². The molecule has 0 radical (unpaired) electrons. The predicted molar refractivity (Wildman–Crippen MR) is 155 cm³/mol. The number of thioether (sulfide) groups is 1. The molecule has 36 heavy (non-hydrogen) atoms. The highest BCUT2D eigenvalue weighted by Gasteiger charge is 2.30. The van der Waals surface area contributed by atoms with Crippen molar-refractivity contribution in [1.29, 1.82) is 0 Å². The Morgan fingerprint density at radius 1 is 1.00 bits per heavy atom. The number of carbonyl (C=O) groups excluding carboxylic acids is 2. The Bertz CT molecular complexity index is 1150. The number of halogens is 3. The van der Waals surface area contributed by atoms with E-state index in [9.17, 15) is 9.59 Å². The highest BCUT2D eigenvalue weighted by Crippen LogP contribution is 2.25. The van der Waals surface area contributed by atoms with Gasteiger partial charge >= 0.3 is 0 Å². The second-order valence-electron chi connectivity index (χ2n) is 8.37. The molecule has 1 N–H and O–H groups in total. The molecule has 0 spiro atoms. The van der Waals surface area contributed by atoms with E-state index in [1.165, 1.54) is 11.8 Å². The van der Waals surface area contributed by atoms with Gasteiger partial charge in [-0.15, -0.1) is 11.8 Å². The van der Waals surface area contributed by atoms with E-state index in [2.05, 4.69) is 21.2 Å². The van der Waals surface area contributed by atoms with Crippen LogP contribution in [0.4, 0.5) is 0 Å². The molecule has 0 fully saturated rings. The van der Waals surface area contributed by atoms with Crippen LogP contribution in [-0.2, 0) is 28.3 Å². The van der Waals surface area contributed by atoms with Crippen molar-refractivity contribution >= 4 is 62.7 Å². The zero-order valence-electron chi connectivity index (χ0n) is 20.1. The van der Waals surface area contributed by atoms with Crippen molar-refractivity contribution in [2.45, 2.75) is 38.1 Å². The molecular formula is C28H29BrCl2N2O2S. The standard InChI is InChI=1S/C28H29BrCl2N2O2S/c1-2-14-32-28(35)26(15-20-6-4-3-5-7-20)33(17-22-10-13-24(30)16-25(22)31)27(34)19-36-18-21-8-11-23(29)12-9-21/h3-13,16,26H,2,14-15,17-19H2,1H3,(H,32,35). The number of hydrogen-bond acceptors (Lipinski definition) is 3. The number of carbonyl (C=O) groups is 2. The van der Waals surface area contributed by atoms with Gasteiger partial charge in [0, 0.05) is 39.8 Å². The maximum Gasteiger partial charge on any atom is 0.243 e. The first-order valence-corrected chi connectivity index (χ1v) is 14.4. The Kier molecular flexibility index (Phi) is 11.6. The summed E-state index contributed by atoms with van der Waals surface area (Å²) < 4.78 is 1.01. The van der Waals surface area contributed by atoms with E-state index < -0.39 is 6.04 Å². The molecule has 0 aliphatic rings. The lowest BCUT2D eigenvalue weighted by atomic mass is 10.0. The van der Waals surface area contributed by atoms with Crippen LogP contribution < -0.4 is 5.32 Å². The molecule has 0 aliphatic heterocycles. The molecule has 0 aliphatic carbocycles. The fourth-order valence-corrected chi connectivity index (χ4v) is 5.28. The summed E-state index contributed by atoms with van der Waals surface area (Å²) in [5.74, 6) is 0.654. The van der Waals surface area contributed by atoms with Crippen LogP contribution in [0, 0.1) is 0 Å². The summed E-state index contributed by atoms with van der Waals surface area (Å²) in [4.78, 5) is 28.6. The van der Waals surface area contributed by atoms with Gasteiger partial charge in [-0.1, -0.05) is 94.6 Å². The molecule has 190 valence electrons. The van der Waals surface area contributed by atoms with Crippen LogP contribution in [0.25, 0.3) is 0 Å². The molecule has 3 rings (SSSR count). The third-order valence-corrected chi connectivity index (χ3v) is 7.69. The van der Waals surface area contributed by atoms with Crippen molar-refractivity contribution in [3.8, 4) is 0 Å². The fourth-order valence-electron chi connectivity index (χ4n) is 3.67. The van der Waals surface area contributed by atoms with Gasteiger partial charge in [-0.05, 0) is 47.4 Å². The molecule has 0 saturated heterocycles. The van der Waals surface area contributed by atoms with Gasteiger partial charge in [-0.2, -0.15) is 0 Å². The van der Waals surface area contributed by atoms with Crippen LogP contribution in [0.2, 0.25) is 10.0 Å². The number of rotatable bonds is 12. The molecular weight excluding hydrogens is 579 g/mol. The minimum atomic E-state index is -0.675. The number of nitrogens with zero attached hydrogens (tertiary/aromatic N) is 1. The summed E-state index contributed by atoms with van der Waals surface area (Å²) in [6, 6.07) is 22.3. The van der Waals surface area contributed by atoms with Crippen LogP contribution in [0.15, 0.2) is 77.3 Å². The highest BCUT2D eigenvalue weighted by atomic mass is 79.9. The molecule has 4 nitrogen and oxygen atoms in total. The van der Waals surface area contributed by atoms with Gasteiger partial charge < -0.3 is 10.2 Å². The average Bonchev–Trinajstić information content (AvgIpc) is 2.87. The molecule has 3 aromatic rings. The van der Waals surface area contributed by atoms with Crippen LogP contribution >= 0.6 is 50.9 Å². The quantitative estimate of drug-likeness (QED) is 0.238. The summed E-state index contributed by atoms with van der Waals surface area (Å²) in [6.07, 6.45) is 1.22. The maximum atomic E-state index is 13.6. The van der Waals surface area contributed by atoms with Crippen LogP contribution in [0.1, 0.15) is 30.0 Å². The maximum absolute atomic E-state index is 13.6. The highest BCUT2D eigenvalue weighted by molar-refractivity contribution is 9.10. The molecule has 0 heterocycles. The van der Waals surface area contributed by atoms with E-state index >= 15 is 0 Å². The van der Waals surface area contributed by atoms with Gasteiger partial charge in [0.15, 0.2) is 0 Å². The Labute approximate surface area is 235 Å². The van der Waals surface area contributed by atoms with Crippen molar-refractivity contribution < 1.29 is 9.59 Å². The summed E-state index contributed by atoms with van der Waals surface area (Å²) in [7, 11) is 0. The zero-order chi connectivity index (χ0) is 25.9. The van der Waals surface area contributed by atoms with E-state index in [0.29, 0.717) is 28.8 Å². The number of hydrogen-bond donors (Lipinski definition) is 1. The summed E-state index contributed by atoms with van der Waals surface area (Å²) >= 11 is 17.5. The van der Waals surface area contributed by atoms with Gasteiger partial charge in [-0.3, -0.25) is 9.59 Å². The Morgan fingerprint density at radius 2 is 1.72 bits per heavy atom. The zero-order valence-corrected chi connectivity index (χ0v) is 24.0. The minimum Gasteiger partial charge on any atom is -0.354 e. The lowest BCUT2D eigenvalue weighted by molar-refractivity contribution is -0.139. The molecule has 2 amide bonds. The lowest BCUT2D eigenvalue weighted by Crippen LogP contribution is -2.51. The minimum absolute atomic E-state index is 0.115. The van der Waals surface area contributed by atoms with Gasteiger partial charge in [0.25, 0.3) is 0 Å². The van der Waals surface area contributed by atoms with Gasteiger partial charge in [0.2, 0.25) is 11.8 Å². The molecule has 1 atom stereocenters. The molecule has 8 heteroatoms. The van der Waals surface area contributed by atoms with Gasteiger partial charge in [0.1, 0.15) is 6.04 Å². The Hall–Kier alpha value is -1.99. The number of benzene rings is 3. The van der Waals surface area contributed by atoms with Crippen LogP contribution in [-0.4, -0.2) is 35.1 Å². The largest absolute Gasteiger partial charge is 0.354 e. The number of nitrogens with one attached hydrogen (secondary N) is 1. The normalized spacial score (nSPS) is 11.7. The van der Waals surface area contributed by atoms with Crippen molar-refractivity contribution in [3.63, 3.8) is 0 Å². The van der Waals surface area contributed by atoms with E-state index in [1.54, 1.807) is 17.0 Å². The topological polar surface area (TPSA) is 49.4 Å². The Balaban J connectivity index is 1.85. The first-order chi connectivity index (χ1) is 17.4. The van der Waals surface area contributed by atoms with E-state index in [4.69, 9.17) is 23.2 Å². The van der Waals surface area contributed by atoms with Gasteiger partial charge in [-0.25, -0.2) is 0 Å². The summed E-state index contributed by atoms with van der Waals surface area (Å²) in [6.45, 7) is 2.76. The van der Waals surface area contributed by atoms with Crippen molar-refractivity contribution in [3.05, 3.63) is 104 Å². The lowest BCUT2D eigenvalue weighted by Gasteiger charge is -2.32. The molecule has 0 bridgehead atoms. The second-order valence-corrected chi connectivity index (χ2v) is 11.1. The third kappa shape index (κ3) is 8.84. The molecule has 0 saturated carbocycles. The predicted octanol–water partition coefficient (Wildman–Crippen LogP) is 7.16. The summed E-state index contributed by atoms with van der Waals surface area (Å²) in [5.41, 5.74) is 2.86. The van der Waals surface area contributed by atoms with E-state index in [-0.39, 0.29) is 24.1 Å². The number of amides is 2. The summed E-state index contributed by atoms with van der Waals surface area (Å²) in [5, 5.41) is 3.98.